The van der Waals surface area contributed by atoms with Gasteiger partial charge < -0.3 is 23.7 Å². The Kier molecular flexibility index (Phi) is 4.81. The van der Waals surface area contributed by atoms with Crippen LogP contribution in [0.5, 0.6) is 11.5 Å². The Bertz CT molecular complexity index is 469. The lowest BCUT2D eigenvalue weighted by Gasteiger charge is -2.26. The van der Waals surface area contributed by atoms with Crippen LogP contribution in [-0.2, 0) is 19.0 Å². The van der Waals surface area contributed by atoms with Crippen molar-refractivity contribution in [2.24, 2.45) is 0 Å². The summed E-state index contributed by atoms with van der Waals surface area (Å²) in [7, 11) is 3.11. The summed E-state index contributed by atoms with van der Waals surface area (Å²) in [5, 5.41) is 0. The van der Waals surface area contributed by atoms with Gasteiger partial charge in [-0.15, -0.1) is 0 Å². The molecule has 20 heavy (non-hydrogen) atoms. The van der Waals surface area contributed by atoms with Gasteiger partial charge in [-0.3, -0.25) is 0 Å². The Morgan fingerprint density at radius 2 is 2.10 bits per heavy atom. The molecule has 0 spiro atoms. The Labute approximate surface area is 117 Å². The van der Waals surface area contributed by atoms with E-state index in [-0.39, 0.29) is 6.61 Å². The first kappa shape index (κ1) is 14.6. The molecule has 1 atom stereocenters. The van der Waals surface area contributed by atoms with E-state index in [0.717, 1.165) is 5.56 Å². The van der Waals surface area contributed by atoms with Gasteiger partial charge in [-0.25, -0.2) is 4.79 Å². The minimum atomic E-state index is -0.728. The van der Waals surface area contributed by atoms with Gasteiger partial charge in [-0.2, -0.15) is 0 Å². The van der Waals surface area contributed by atoms with Crippen molar-refractivity contribution in [1.29, 1.82) is 0 Å². The van der Waals surface area contributed by atoms with E-state index in [4.69, 9.17) is 23.7 Å². The average molecular weight is 282 g/mol. The summed E-state index contributed by atoms with van der Waals surface area (Å²) < 4.78 is 26.4. The average Bonchev–Trinajstić information content (AvgIpc) is 2.48. The van der Waals surface area contributed by atoms with Crippen molar-refractivity contribution < 1.29 is 28.5 Å². The molecule has 1 aliphatic heterocycles. The van der Waals surface area contributed by atoms with Crippen LogP contribution < -0.4 is 9.47 Å². The number of rotatable bonds is 5. The highest BCUT2D eigenvalue weighted by molar-refractivity contribution is 5.76. The lowest BCUT2D eigenvalue weighted by Crippen LogP contribution is -2.37. The van der Waals surface area contributed by atoms with Crippen LogP contribution in [-0.4, -0.2) is 39.5 Å². The second kappa shape index (κ2) is 6.58. The largest absolute Gasteiger partial charge is 0.485 e. The van der Waals surface area contributed by atoms with E-state index in [2.05, 4.69) is 0 Å². The summed E-state index contributed by atoms with van der Waals surface area (Å²) in [5.41, 5.74) is 0.812. The van der Waals surface area contributed by atoms with Crippen molar-refractivity contribution in [3.8, 4) is 11.5 Å². The lowest BCUT2D eigenvalue weighted by atomic mass is 10.1. The molecule has 0 aliphatic carbocycles. The van der Waals surface area contributed by atoms with Gasteiger partial charge in [0.05, 0.1) is 6.61 Å². The number of ether oxygens (including phenoxy) is 5. The van der Waals surface area contributed by atoms with E-state index < -0.39 is 18.4 Å². The first-order valence-corrected chi connectivity index (χ1v) is 6.35. The van der Waals surface area contributed by atoms with Gasteiger partial charge >= 0.3 is 5.97 Å². The van der Waals surface area contributed by atoms with Crippen LogP contribution in [0, 0.1) is 0 Å². The molecule has 0 saturated heterocycles. The van der Waals surface area contributed by atoms with Crippen molar-refractivity contribution in [3.63, 3.8) is 0 Å². The molecule has 1 unspecified atom stereocenters. The zero-order chi connectivity index (χ0) is 14.5. The maximum absolute atomic E-state index is 11.6. The van der Waals surface area contributed by atoms with Gasteiger partial charge in [0.15, 0.2) is 17.8 Å². The summed E-state index contributed by atoms with van der Waals surface area (Å²) in [6.45, 7) is 2.19. The fourth-order valence-electron chi connectivity index (χ4n) is 1.95. The zero-order valence-corrected chi connectivity index (χ0v) is 11.8. The predicted molar refractivity (Wildman–Crippen MR) is 69.7 cm³/mol. The van der Waals surface area contributed by atoms with Gasteiger partial charge in [0.1, 0.15) is 6.61 Å². The van der Waals surface area contributed by atoms with Crippen molar-refractivity contribution in [2.45, 2.75) is 19.3 Å². The van der Waals surface area contributed by atoms with Gasteiger partial charge in [-0.1, -0.05) is 6.07 Å². The molecule has 0 fully saturated rings. The standard InChI is InChI=1S/C14H18O6/c1-4-18-13(15)12-8-19-11-7-9(14(16-2)17-3)5-6-10(11)20-12/h5-7,12,14H,4,8H2,1-3H3. The van der Waals surface area contributed by atoms with E-state index in [0.29, 0.717) is 18.1 Å². The monoisotopic (exact) mass is 282 g/mol. The minimum absolute atomic E-state index is 0.125. The van der Waals surface area contributed by atoms with Gasteiger partial charge in [-0.05, 0) is 19.1 Å². The quantitative estimate of drug-likeness (QED) is 0.605. The molecule has 110 valence electrons. The molecule has 6 heteroatoms. The van der Waals surface area contributed by atoms with Crippen molar-refractivity contribution in [3.05, 3.63) is 23.8 Å². The highest BCUT2D eigenvalue weighted by Crippen LogP contribution is 2.35. The molecule has 6 nitrogen and oxygen atoms in total. The molecule has 0 radical (unpaired) electrons. The number of esters is 1. The number of carbonyl (C=O) groups excluding carboxylic acids is 1. The lowest BCUT2D eigenvalue weighted by molar-refractivity contribution is -0.154. The number of fused-ring (bicyclic) bond motifs is 1. The van der Waals surface area contributed by atoms with Crippen molar-refractivity contribution in [1.82, 2.24) is 0 Å². The van der Waals surface area contributed by atoms with Crippen molar-refractivity contribution >= 4 is 5.97 Å². The Morgan fingerprint density at radius 3 is 2.75 bits per heavy atom. The van der Waals surface area contributed by atoms with E-state index in [1.54, 1.807) is 39.3 Å². The topological polar surface area (TPSA) is 63.2 Å². The third-order valence-corrected chi connectivity index (χ3v) is 2.88. The first-order valence-electron chi connectivity index (χ1n) is 6.35. The SMILES string of the molecule is CCOC(=O)C1COc2cc(C(OC)OC)ccc2O1. The zero-order valence-electron chi connectivity index (χ0n) is 11.8. The van der Waals surface area contributed by atoms with Crippen LogP contribution in [0.2, 0.25) is 0 Å². The molecular formula is C14H18O6. The summed E-state index contributed by atoms with van der Waals surface area (Å²) in [5.74, 6) is 0.639. The normalized spacial score (nSPS) is 17.1. The van der Waals surface area contributed by atoms with Gasteiger partial charge in [0, 0.05) is 19.8 Å². The summed E-state index contributed by atoms with van der Waals surface area (Å²) >= 11 is 0. The second-order valence-electron chi connectivity index (χ2n) is 4.18. The molecule has 1 heterocycles. The van der Waals surface area contributed by atoms with Crippen LogP contribution in [0.3, 0.4) is 0 Å². The van der Waals surface area contributed by atoms with E-state index in [1.807, 2.05) is 0 Å². The molecular weight excluding hydrogens is 264 g/mol. The number of hydrogen-bond donors (Lipinski definition) is 0. The second-order valence-corrected chi connectivity index (χ2v) is 4.18. The molecule has 0 saturated carbocycles. The van der Waals surface area contributed by atoms with E-state index in [1.165, 1.54) is 0 Å². The maximum Gasteiger partial charge on any atom is 0.350 e. The summed E-state index contributed by atoms with van der Waals surface area (Å²) in [6.07, 6.45) is -1.19. The molecule has 1 aromatic rings. The molecule has 0 amide bonds. The number of hydrogen-bond acceptors (Lipinski definition) is 6. The highest BCUT2D eigenvalue weighted by Gasteiger charge is 2.29. The third-order valence-electron chi connectivity index (χ3n) is 2.88. The number of carbonyl (C=O) groups is 1. The van der Waals surface area contributed by atoms with Crippen LogP contribution >= 0.6 is 0 Å². The van der Waals surface area contributed by atoms with E-state index >= 15 is 0 Å². The van der Waals surface area contributed by atoms with Crippen LogP contribution in [0.1, 0.15) is 18.8 Å². The molecule has 2 rings (SSSR count). The molecule has 1 aromatic carbocycles. The fraction of sp³-hybridized carbons (Fsp3) is 0.500. The summed E-state index contributed by atoms with van der Waals surface area (Å²) in [4.78, 5) is 11.6. The predicted octanol–water partition coefficient (Wildman–Crippen LogP) is 1.68. The molecule has 1 aliphatic rings. The Morgan fingerprint density at radius 1 is 1.35 bits per heavy atom. The first-order chi connectivity index (χ1) is 9.69. The highest BCUT2D eigenvalue weighted by atomic mass is 16.7. The number of benzene rings is 1. The Balaban J connectivity index is 2.13. The van der Waals surface area contributed by atoms with E-state index in [9.17, 15) is 4.79 Å². The minimum Gasteiger partial charge on any atom is -0.485 e. The van der Waals surface area contributed by atoms with Crippen molar-refractivity contribution in [2.75, 3.05) is 27.4 Å². The fourth-order valence-corrected chi connectivity index (χ4v) is 1.95. The smallest absolute Gasteiger partial charge is 0.350 e. The number of methoxy groups -OCH3 is 2. The molecule has 0 bridgehead atoms. The maximum atomic E-state index is 11.6. The van der Waals surface area contributed by atoms with Crippen LogP contribution in [0.15, 0.2) is 18.2 Å². The Hall–Kier alpha value is -1.79. The molecule has 0 aromatic heterocycles. The van der Waals surface area contributed by atoms with Crippen LogP contribution in [0.4, 0.5) is 0 Å². The van der Waals surface area contributed by atoms with Gasteiger partial charge in [0.2, 0.25) is 6.10 Å². The molecule has 0 N–H and O–H groups in total. The van der Waals surface area contributed by atoms with Gasteiger partial charge in [0.25, 0.3) is 0 Å². The third kappa shape index (κ3) is 3.02. The summed E-state index contributed by atoms with van der Waals surface area (Å²) in [6, 6.07) is 5.29. The van der Waals surface area contributed by atoms with Crippen LogP contribution in [0.25, 0.3) is 0 Å².